The number of hydrogen-bond acceptors (Lipinski definition) is 4. The molecule has 0 N–H and O–H groups in total. The molecule has 1 fully saturated rings. The van der Waals surface area contributed by atoms with Crippen molar-refractivity contribution in [3.8, 4) is 0 Å². The van der Waals surface area contributed by atoms with E-state index in [0.29, 0.717) is 11.4 Å². The zero-order valence-corrected chi connectivity index (χ0v) is 15.9. The van der Waals surface area contributed by atoms with Crippen molar-refractivity contribution >= 4 is 23.8 Å². The minimum absolute atomic E-state index is 0.248. The van der Waals surface area contributed by atoms with Gasteiger partial charge in [0.2, 0.25) is 0 Å². The molecule has 1 aliphatic heterocycles. The second kappa shape index (κ2) is 10.3. The number of carbonyl (C=O) groups excluding carboxylic acids is 2. The van der Waals surface area contributed by atoms with Crippen molar-refractivity contribution in [2.75, 3.05) is 13.2 Å². The molecule has 1 aliphatic rings. The molecule has 0 unspecified atom stereocenters. The van der Waals surface area contributed by atoms with Crippen molar-refractivity contribution in [1.82, 2.24) is 4.90 Å². The number of rotatable bonds is 9. The molecule has 136 valence electrons. The van der Waals surface area contributed by atoms with E-state index >= 15 is 0 Å². The minimum Gasteiger partial charge on any atom is -0.447 e. The summed E-state index contributed by atoms with van der Waals surface area (Å²) in [6.45, 7) is 4.85. The number of unbranched alkanes of at least 4 members (excludes halogenated alkanes) is 5. The number of benzene rings is 1. The third kappa shape index (κ3) is 6.24. The molecule has 1 aromatic rings. The molecule has 2 amide bonds. The van der Waals surface area contributed by atoms with E-state index in [1.54, 1.807) is 0 Å². The van der Waals surface area contributed by atoms with Crippen LogP contribution in [0.4, 0.5) is 4.79 Å². The molecule has 1 aromatic carbocycles. The van der Waals surface area contributed by atoms with Gasteiger partial charge in [-0.2, -0.15) is 0 Å². The number of imide groups is 1. The molecule has 1 saturated heterocycles. The van der Waals surface area contributed by atoms with Crippen LogP contribution in [-0.2, 0) is 9.53 Å². The number of hydrogen-bond donors (Lipinski definition) is 0. The van der Waals surface area contributed by atoms with Crippen molar-refractivity contribution in [1.29, 1.82) is 0 Å². The highest BCUT2D eigenvalue weighted by Crippen LogP contribution is 2.30. The number of ether oxygens (including phenoxy) is 1. The fraction of sp³-hybridized carbons (Fsp3) is 0.500. The van der Waals surface area contributed by atoms with Crippen molar-refractivity contribution in [2.45, 2.75) is 57.3 Å². The lowest BCUT2D eigenvalue weighted by molar-refractivity contribution is -0.123. The minimum atomic E-state index is -0.539. The molecule has 0 atom stereocenters. The Morgan fingerprint density at radius 3 is 2.56 bits per heavy atom. The molecule has 1 heterocycles. The van der Waals surface area contributed by atoms with Crippen LogP contribution in [-0.4, -0.2) is 30.1 Å². The van der Waals surface area contributed by atoms with E-state index in [2.05, 4.69) is 6.92 Å². The molecule has 4 nitrogen and oxygen atoms in total. The number of carbonyl (C=O) groups is 2. The Labute approximate surface area is 154 Å². The summed E-state index contributed by atoms with van der Waals surface area (Å²) in [6.07, 6.45) is 8.24. The van der Waals surface area contributed by atoms with Gasteiger partial charge in [-0.15, -0.1) is 0 Å². The number of allylic oxidation sites excluding steroid dienone is 1. The van der Waals surface area contributed by atoms with Crippen LogP contribution in [0.5, 0.6) is 0 Å². The van der Waals surface area contributed by atoms with Gasteiger partial charge in [-0.3, -0.25) is 4.79 Å². The van der Waals surface area contributed by atoms with Gasteiger partial charge in [0.1, 0.15) is 6.61 Å². The van der Waals surface area contributed by atoms with E-state index in [1.807, 2.05) is 37.3 Å². The number of aryl methyl sites for hydroxylation is 1. The van der Waals surface area contributed by atoms with Crippen LogP contribution in [0.3, 0.4) is 0 Å². The first kappa shape index (κ1) is 19.6. The predicted octanol–water partition coefficient (Wildman–Crippen LogP) is 5.31. The summed E-state index contributed by atoms with van der Waals surface area (Å²) in [6, 6.07) is 8.06. The first-order valence-electron chi connectivity index (χ1n) is 9.05. The molecule has 2 rings (SSSR count). The molecule has 0 spiro atoms. The summed E-state index contributed by atoms with van der Waals surface area (Å²) in [5.41, 5.74) is 1.18. The van der Waals surface area contributed by atoms with E-state index in [0.717, 1.165) is 17.7 Å². The van der Waals surface area contributed by atoms with E-state index in [4.69, 9.17) is 4.74 Å². The highest BCUT2D eigenvalue weighted by molar-refractivity contribution is 8.04. The average molecular weight is 362 g/mol. The smallest absolute Gasteiger partial charge is 0.416 e. The van der Waals surface area contributed by atoms with E-state index < -0.39 is 6.09 Å². The quantitative estimate of drug-likeness (QED) is 0.340. The van der Waals surface area contributed by atoms with E-state index in [-0.39, 0.29) is 12.5 Å². The summed E-state index contributed by atoms with van der Waals surface area (Å²) in [5.74, 6) is -0.248. The Balaban J connectivity index is 2.03. The van der Waals surface area contributed by atoms with Crippen LogP contribution < -0.4 is 0 Å². The lowest BCUT2D eigenvalue weighted by atomic mass is 10.1. The summed E-state index contributed by atoms with van der Waals surface area (Å²) in [4.78, 5) is 27.3. The SMILES string of the molecule is CCCCCCC/C=C(/Sc1ccc(C)cc1)C(=O)N1CCOC1=O. The Morgan fingerprint density at radius 2 is 1.92 bits per heavy atom. The van der Waals surface area contributed by atoms with Crippen LogP contribution in [0, 0.1) is 6.92 Å². The van der Waals surface area contributed by atoms with Gasteiger partial charge >= 0.3 is 6.09 Å². The van der Waals surface area contributed by atoms with Gasteiger partial charge in [-0.1, -0.05) is 68.1 Å². The van der Waals surface area contributed by atoms with E-state index in [9.17, 15) is 9.59 Å². The second-order valence-corrected chi connectivity index (χ2v) is 7.37. The monoisotopic (exact) mass is 361 g/mol. The predicted molar refractivity (Wildman–Crippen MR) is 102 cm³/mol. The molecule has 0 aromatic heterocycles. The lowest BCUT2D eigenvalue weighted by Crippen LogP contribution is -2.32. The Hall–Kier alpha value is -1.75. The molecule has 0 bridgehead atoms. The Morgan fingerprint density at radius 1 is 1.20 bits per heavy atom. The van der Waals surface area contributed by atoms with Crippen LogP contribution in [0.1, 0.15) is 51.0 Å². The fourth-order valence-corrected chi connectivity index (χ4v) is 3.52. The van der Waals surface area contributed by atoms with Gasteiger partial charge in [0.25, 0.3) is 5.91 Å². The zero-order chi connectivity index (χ0) is 18.1. The molecule has 25 heavy (non-hydrogen) atoms. The largest absolute Gasteiger partial charge is 0.447 e. The van der Waals surface area contributed by atoms with Gasteiger partial charge in [-0.25, -0.2) is 9.69 Å². The molecule has 0 saturated carbocycles. The third-order valence-corrected chi connectivity index (χ3v) is 5.17. The maximum Gasteiger partial charge on any atom is 0.416 e. The highest BCUT2D eigenvalue weighted by Gasteiger charge is 2.30. The van der Waals surface area contributed by atoms with Crippen LogP contribution in [0.25, 0.3) is 0 Å². The highest BCUT2D eigenvalue weighted by atomic mass is 32.2. The average Bonchev–Trinajstić information content (AvgIpc) is 3.04. The molecule has 5 heteroatoms. The summed E-state index contributed by atoms with van der Waals surface area (Å²) in [5, 5.41) is 0. The van der Waals surface area contributed by atoms with Gasteiger partial charge in [0, 0.05) is 4.90 Å². The second-order valence-electron chi connectivity index (χ2n) is 6.26. The Kier molecular flexibility index (Phi) is 8.06. The number of thioether (sulfide) groups is 1. The fourth-order valence-electron chi connectivity index (χ4n) is 2.60. The van der Waals surface area contributed by atoms with E-state index in [1.165, 1.54) is 47.9 Å². The van der Waals surface area contributed by atoms with Crippen molar-refractivity contribution in [2.24, 2.45) is 0 Å². The van der Waals surface area contributed by atoms with Crippen LogP contribution >= 0.6 is 11.8 Å². The summed E-state index contributed by atoms with van der Waals surface area (Å²) in [7, 11) is 0. The van der Waals surface area contributed by atoms with Crippen molar-refractivity contribution < 1.29 is 14.3 Å². The maximum atomic E-state index is 12.7. The van der Waals surface area contributed by atoms with Gasteiger partial charge in [0.05, 0.1) is 11.4 Å². The zero-order valence-electron chi connectivity index (χ0n) is 15.1. The standard InChI is InChI=1S/C20H27NO3S/c1-3-4-5-6-7-8-9-18(19(22)21-14-15-24-20(21)23)25-17-12-10-16(2)11-13-17/h9-13H,3-8,14-15H2,1-2H3/b18-9+. The number of cyclic esters (lactones) is 1. The number of nitrogens with zero attached hydrogens (tertiary/aromatic N) is 1. The lowest BCUT2D eigenvalue weighted by Gasteiger charge is -2.13. The van der Waals surface area contributed by atoms with Crippen LogP contribution in [0.15, 0.2) is 40.1 Å². The van der Waals surface area contributed by atoms with Crippen LogP contribution in [0.2, 0.25) is 0 Å². The van der Waals surface area contributed by atoms with Crippen molar-refractivity contribution in [3.63, 3.8) is 0 Å². The first-order valence-corrected chi connectivity index (χ1v) is 9.86. The summed E-state index contributed by atoms with van der Waals surface area (Å²) >= 11 is 1.42. The molecular formula is C20H27NO3S. The molecule has 0 radical (unpaired) electrons. The Bertz CT molecular complexity index is 610. The molecule has 0 aliphatic carbocycles. The first-order chi connectivity index (χ1) is 12.1. The third-order valence-electron chi connectivity index (χ3n) is 4.10. The normalized spacial score (nSPS) is 14.7. The molecular weight excluding hydrogens is 334 g/mol. The van der Waals surface area contributed by atoms with Gasteiger partial charge < -0.3 is 4.74 Å². The summed E-state index contributed by atoms with van der Waals surface area (Å²) < 4.78 is 4.90. The van der Waals surface area contributed by atoms with Gasteiger partial charge in [0.15, 0.2) is 0 Å². The van der Waals surface area contributed by atoms with Crippen molar-refractivity contribution in [3.05, 3.63) is 40.8 Å². The number of amides is 2. The van der Waals surface area contributed by atoms with Gasteiger partial charge in [-0.05, 0) is 31.9 Å². The maximum absolute atomic E-state index is 12.7. The topological polar surface area (TPSA) is 46.6 Å².